The molecule has 3 nitrogen and oxygen atoms in total. The van der Waals surface area contributed by atoms with Crippen molar-refractivity contribution in [2.45, 2.75) is 19.9 Å². The second-order valence-electron chi connectivity index (χ2n) is 4.62. The highest BCUT2D eigenvalue weighted by Crippen LogP contribution is 2.26. The van der Waals surface area contributed by atoms with Crippen LogP contribution in [0.4, 0.5) is 0 Å². The lowest BCUT2D eigenvalue weighted by atomic mass is 10.3. The first-order valence-electron chi connectivity index (χ1n) is 6.77. The van der Waals surface area contributed by atoms with Crippen molar-refractivity contribution in [2.24, 2.45) is 0 Å². The first kappa shape index (κ1) is 14.8. The highest BCUT2D eigenvalue weighted by molar-refractivity contribution is 9.11. The molecule has 0 radical (unpaired) electrons. The Morgan fingerprint density at radius 3 is 2.90 bits per heavy atom. The van der Waals surface area contributed by atoms with Gasteiger partial charge in [-0.3, -0.25) is 0 Å². The van der Waals surface area contributed by atoms with Crippen molar-refractivity contribution in [1.29, 1.82) is 0 Å². The first-order valence-corrected chi connectivity index (χ1v) is 8.79. The number of nitrogens with zero attached hydrogens (tertiary/aromatic N) is 1. The molecule has 2 aromatic heterocycles. The van der Waals surface area contributed by atoms with E-state index in [1.54, 1.807) is 11.3 Å². The molecular weight excluding hydrogens is 368 g/mol. The molecule has 6 heteroatoms. The van der Waals surface area contributed by atoms with Gasteiger partial charge in [0.25, 0.3) is 0 Å². The van der Waals surface area contributed by atoms with Crippen LogP contribution in [0.5, 0.6) is 5.75 Å². The maximum Gasteiger partial charge on any atom is 0.178 e. The summed E-state index contributed by atoms with van der Waals surface area (Å²) in [5.41, 5.74) is 2.08. The van der Waals surface area contributed by atoms with Crippen LogP contribution in [-0.4, -0.2) is 16.2 Å². The second-order valence-corrected chi connectivity index (χ2v) is 7.56. The van der Waals surface area contributed by atoms with Crippen molar-refractivity contribution in [3.63, 3.8) is 0 Å². The molecular formula is C15H15BrN2OS2. The lowest BCUT2D eigenvalue weighted by Crippen LogP contribution is -2.00. The molecule has 0 unspecified atom stereocenters. The average molecular weight is 383 g/mol. The van der Waals surface area contributed by atoms with E-state index in [1.807, 2.05) is 19.1 Å². The summed E-state index contributed by atoms with van der Waals surface area (Å²) in [6.45, 7) is 3.49. The molecule has 0 amide bonds. The van der Waals surface area contributed by atoms with Gasteiger partial charge in [0.2, 0.25) is 0 Å². The van der Waals surface area contributed by atoms with Crippen LogP contribution in [0.2, 0.25) is 0 Å². The standard InChI is InChI=1S/C15H15BrN2OS2/c1-2-19-12-5-3-4-11-14(12)17-15(20)18(11)9-8-10-6-7-13(16)21-10/h3-7H,2,8-9H2,1H3,(H,17,20). The van der Waals surface area contributed by atoms with Crippen molar-refractivity contribution in [1.82, 2.24) is 9.55 Å². The van der Waals surface area contributed by atoms with Crippen LogP contribution in [-0.2, 0) is 13.0 Å². The number of hydrogen-bond acceptors (Lipinski definition) is 3. The number of H-pyrrole nitrogens is 1. The molecule has 2 heterocycles. The van der Waals surface area contributed by atoms with Gasteiger partial charge in [-0.2, -0.15) is 0 Å². The molecule has 3 rings (SSSR count). The maximum absolute atomic E-state index is 5.66. The van der Waals surface area contributed by atoms with Crippen LogP contribution in [0.3, 0.4) is 0 Å². The largest absolute Gasteiger partial charge is 0.492 e. The third-order valence-corrected chi connectivity index (χ3v) is 5.29. The number of halogens is 1. The van der Waals surface area contributed by atoms with Gasteiger partial charge < -0.3 is 14.3 Å². The predicted molar refractivity (Wildman–Crippen MR) is 94.0 cm³/mol. The molecule has 0 aliphatic heterocycles. The number of aryl methyl sites for hydroxylation is 2. The monoisotopic (exact) mass is 382 g/mol. The van der Waals surface area contributed by atoms with E-state index in [-0.39, 0.29) is 0 Å². The number of ether oxygens (including phenoxy) is 1. The fraction of sp³-hybridized carbons (Fsp3) is 0.267. The summed E-state index contributed by atoms with van der Waals surface area (Å²) in [4.78, 5) is 4.62. The number of fused-ring (bicyclic) bond motifs is 1. The number of hydrogen-bond donors (Lipinski definition) is 1. The topological polar surface area (TPSA) is 29.9 Å². The van der Waals surface area contributed by atoms with Crippen LogP contribution < -0.4 is 4.74 Å². The fourth-order valence-electron chi connectivity index (χ4n) is 2.36. The lowest BCUT2D eigenvalue weighted by molar-refractivity contribution is 0.343. The molecule has 0 atom stereocenters. The molecule has 0 aliphatic rings. The molecule has 0 spiro atoms. The summed E-state index contributed by atoms with van der Waals surface area (Å²) in [7, 11) is 0. The van der Waals surface area contributed by atoms with E-state index in [0.29, 0.717) is 6.61 Å². The van der Waals surface area contributed by atoms with Gasteiger partial charge in [-0.25, -0.2) is 0 Å². The molecule has 3 aromatic rings. The molecule has 1 aromatic carbocycles. The van der Waals surface area contributed by atoms with Gasteiger partial charge in [-0.1, -0.05) is 6.07 Å². The summed E-state index contributed by atoms with van der Waals surface area (Å²) < 4.78 is 9.71. The summed E-state index contributed by atoms with van der Waals surface area (Å²) in [6.07, 6.45) is 0.969. The third kappa shape index (κ3) is 3.07. The Hall–Kier alpha value is -1.11. The Balaban J connectivity index is 1.93. The summed E-state index contributed by atoms with van der Waals surface area (Å²) in [5.74, 6) is 0.860. The Bertz CT molecular complexity index is 819. The Kier molecular flexibility index (Phi) is 4.47. The third-order valence-electron chi connectivity index (χ3n) is 3.28. The van der Waals surface area contributed by atoms with E-state index in [0.717, 1.165) is 34.5 Å². The minimum atomic E-state index is 0.647. The first-order chi connectivity index (χ1) is 10.2. The molecule has 0 saturated heterocycles. The molecule has 0 bridgehead atoms. The van der Waals surface area contributed by atoms with Crippen LogP contribution in [0, 0.1) is 4.77 Å². The number of nitrogens with one attached hydrogen (secondary N) is 1. The highest BCUT2D eigenvalue weighted by atomic mass is 79.9. The zero-order valence-electron chi connectivity index (χ0n) is 11.6. The molecule has 21 heavy (non-hydrogen) atoms. The van der Waals surface area contributed by atoms with Crippen LogP contribution >= 0.6 is 39.5 Å². The minimum Gasteiger partial charge on any atom is -0.492 e. The average Bonchev–Trinajstić information content (AvgIpc) is 3.01. The van der Waals surface area contributed by atoms with Gasteiger partial charge in [-0.05, 0) is 65.8 Å². The summed E-state index contributed by atoms with van der Waals surface area (Å²) in [5, 5.41) is 0. The van der Waals surface area contributed by atoms with E-state index in [1.165, 1.54) is 8.66 Å². The maximum atomic E-state index is 5.66. The smallest absolute Gasteiger partial charge is 0.178 e. The number of rotatable bonds is 5. The van der Waals surface area contributed by atoms with Crippen molar-refractivity contribution >= 4 is 50.5 Å². The van der Waals surface area contributed by atoms with E-state index < -0.39 is 0 Å². The predicted octanol–water partition coefficient (Wildman–Crippen LogP) is 5.16. The number of thiophene rings is 1. The van der Waals surface area contributed by atoms with Crippen LogP contribution in [0.15, 0.2) is 34.1 Å². The molecule has 1 N–H and O–H groups in total. The van der Waals surface area contributed by atoms with E-state index in [4.69, 9.17) is 17.0 Å². The quantitative estimate of drug-likeness (QED) is 0.617. The van der Waals surface area contributed by atoms with E-state index in [9.17, 15) is 0 Å². The number of imidazole rings is 1. The second kappa shape index (κ2) is 6.34. The van der Waals surface area contributed by atoms with Gasteiger partial charge in [0.1, 0.15) is 11.3 Å². The number of benzene rings is 1. The fourth-order valence-corrected chi connectivity index (χ4v) is 4.12. The van der Waals surface area contributed by atoms with E-state index in [2.05, 4.69) is 43.7 Å². The van der Waals surface area contributed by atoms with Crippen LogP contribution in [0.1, 0.15) is 11.8 Å². The normalized spacial score (nSPS) is 11.1. The number of aromatic amines is 1. The molecule has 0 aliphatic carbocycles. The number of aromatic nitrogens is 2. The Morgan fingerprint density at radius 1 is 1.33 bits per heavy atom. The lowest BCUT2D eigenvalue weighted by Gasteiger charge is -2.06. The van der Waals surface area contributed by atoms with Gasteiger partial charge in [0.05, 0.1) is 15.9 Å². The molecule has 0 fully saturated rings. The van der Waals surface area contributed by atoms with E-state index >= 15 is 0 Å². The minimum absolute atomic E-state index is 0.647. The molecule has 0 saturated carbocycles. The van der Waals surface area contributed by atoms with Crippen LogP contribution in [0.25, 0.3) is 11.0 Å². The highest BCUT2D eigenvalue weighted by Gasteiger charge is 2.09. The zero-order chi connectivity index (χ0) is 14.8. The Labute approximate surface area is 140 Å². The van der Waals surface area contributed by atoms with Gasteiger partial charge >= 0.3 is 0 Å². The van der Waals surface area contributed by atoms with Crippen molar-refractivity contribution < 1.29 is 4.74 Å². The Morgan fingerprint density at radius 2 is 2.19 bits per heavy atom. The molecule has 110 valence electrons. The van der Waals surface area contributed by atoms with Crippen molar-refractivity contribution in [3.8, 4) is 5.75 Å². The zero-order valence-corrected chi connectivity index (χ0v) is 14.8. The van der Waals surface area contributed by atoms with Crippen molar-refractivity contribution in [3.05, 3.63) is 43.8 Å². The summed E-state index contributed by atoms with van der Waals surface area (Å²) >= 11 is 10.7. The SMILES string of the molecule is CCOc1cccc2c1[nH]c(=S)n2CCc1ccc(Br)s1. The van der Waals surface area contributed by atoms with Crippen molar-refractivity contribution in [2.75, 3.05) is 6.61 Å². The van der Waals surface area contributed by atoms with Gasteiger partial charge in [0, 0.05) is 11.4 Å². The van der Waals surface area contributed by atoms with Gasteiger partial charge in [0.15, 0.2) is 4.77 Å². The number of para-hydroxylation sites is 1. The van der Waals surface area contributed by atoms with Gasteiger partial charge in [-0.15, -0.1) is 11.3 Å². The summed E-state index contributed by atoms with van der Waals surface area (Å²) in [6, 6.07) is 10.3.